The molecule has 5 rings (SSSR count). The third-order valence-corrected chi connectivity index (χ3v) is 10.2. The Morgan fingerprint density at radius 3 is 2.67 bits per heavy atom. The van der Waals surface area contributed by atoms with Crippen molar-refractivity contribution in [1.82, 2.24) is 9.62 Å². The number of carbonyl (C=O) groups is 1. The second-order valence-electron chi connectivity index (χ2n) is 9.79. The summed E-state index contributed by atoms with van der Waals surface area (Å²) in [6.45, 7) is -0.474. The fraction of sp³-hybridized carbons (Fsp3) is 0.417. The number of aliphatic hydroxyl groups excluding tert-OH is 1. The van der Waals surface area contributed by atoms with Crippen molar-refractivity contribution in [3.8, 4) is 0 Å². The predicted molar refractivity (Wildman–Crippen MR) is 141 cm³/mol. The Hall–Kier alpha value is -2.88. The number of hydrogen-bond donors (Lipinski definition) is 3. The summed E-state index contributed by atoms with van der Waals surface area (Å²) in [6, 6.07) is 2.63. The fourth-order valence-corrected chi connectivity index (χ4v) is 8.33. The standard InChI is InChI=1S/C24H26F2N4O6S3/c1-38(33,34)27-10-14-12-37-23-21(14)39(35,36)29-22(28-23)19-20(31)16-5-3-2-4-6-18(16)30(24(19)32)11-13-7-8-15(25)9-17(13)26/h7-9,12,16,18,27,31H,2-6,10-11H2,1H3,(H,28,29). The Bertz CT molecular complexity index is 1620. The number of amidine groups is 1. The second-order valence-corrected chi connectivity index (χ2v) is 14.0. The molecule has 1 aromatic heterocycles. The van der Waals surface area contributed by atoms with Crippen LogP contribution in [0, 0.1) is 17.6 Å². The average molecular weight is 601 g/mol. The molecule has 1 fully saturated rings. The lowest BCUT2D eigenvalue weighted by Gasteiger charge is -2.41. The van der Waals surface area contributed by atoms with E-state index in [2.05, 4.69) is 14.4 Å². The molecule has 3 N–H and O–H groups in total. The molecular weight excluding hydrogens is 574 g/mol. The van der Waals surface area contributed by atoms with Gasteiger partial charge in [0.05, 0.1) is 6.26 Å². The first-order chi connectivity index (χ1) is 18.4. The lowest BCUT2D eigenvalue weighted by atomic mass is 9.84. The number of halogens is 2. The highest BCUT2D eigenvalue weighted by Gasteiger charge is 2.45. The van der Waals surface area contributed by atoms with Gasteiger partial charge in [-0.15, -0.1) is 15.7 Å². The quantitative estimate of drug-likeness (QED) is 0.461. The van der Waals surface area contributed by atoms with Gasteiger partial charge in [-0.1, -0.05) is 25.3 Å². The van der Waals surface area contributed by atoms with E-state index in [1.807, 2.05) is 0 Å². The van der Waals surface area contributed by atoms with E-state index in [0.29, 0.717) is 12.8 Å². The van der Waals surface area contributed by atoms with Gasteiger partial charge in [0, 0.05) is 42.2 Å². The third-order valence-electron chi connectivity index (χ3n) is 7.10. The molecule has 1 aliphatic carbocycles. The number of fused-ring (bicyclic) bond motifs is 2. The smallest absolute Gasteiger partial charge is 0.287 e. The van der Waals surface area contributed by atoms with Crippen LogP contribution >= 0.6 is 11.3 Å². The van der Waals surface area contributed by atoms with Crippen LogP contribution in [0.4, 0.5) is 13.8 Å². The van der Waals surface area contributed by atoms with Crippen LogP contribution < -0.4 is 10.0 Å². The SMILES string of the molecule is CS(=O)(=O)NCc1csc2c1S(=O)(=O)N=C(C1=C(O)C3CCCCCC3N(Cc3ccc(F)cc3F)C1=O)N2. The number of sulfonamides is 2. The van der Waals surface area contributed by atoms with Crippen LogP contribution in [0.25, 0.3) is 0 Å². The molecular formula is C24H26F2N4O6S3. The van der Waals surface area contributed by atoms with Crippen LogP contribution in [0.15, 0.2) is 44.2 Å². The molecule has 15 heteroatoms. The summed E-state index contributed by atoms with van der Waals surface area (Å²) in [4.78, 5) is 15.0. The van der Waals surface area contributed by atoms with E-state index in [1.165, 1.54) is 16.3 Å². The largest absolute Gasteiger partial charge is 0.511 e. The molecule has 10 nitrogen and oxygen atoms in total. The Morgan fingerprint density at radius 2 is 1.95 bits per heavy atom. The van der Waals surface area contributed by atoms with Gasteiger partial charge in [-0.2, -0.15) is 8.42 Å². The molecule has 2 unspecified atom stereocenters. The summed E-state index contributed by atoms with van der Waals surface area (Å²) in [5, 5.41) is 15.7. The molecule has 3 aliphatic rings. The van der Waals surface area contributed by atoms with Crippen LogP contribution in [0.1, 0.15) is 43.2 Å². The highest BCUT2D eigenvalue weighted by Crippen LogP contribution is 2.42. The van der Waals surface area contributed by atoms with E-state index in [1.54, 1.807) is 0 Å². The van der Waals surface area contributed by atoms with Gasteiger partial charge in [0.25, 0.3) is 15.9 Å². The number of anilines is 1. The zero-order valence-electron chi connectivity index (χ0n) is 20.8. The first-order valence-electron chi connectivity index (χ1n) is 12.2. The van der Waals surface area contributed by atoms with Gasteiger partial charge in [0.15, 0.2) is 5.84 Å². The fourth-order valence-electron chi connectivity index (χ4n) is 5.30. The number of benzene rings is 1. The zero-order valence-corrected chi connectivity index (χ0v) is 23.2. The maximum absolute atomic E-state index is 14.6. The van der Waals surface area contributed by atoms with Crippen molar-refractivity contribution in [3.63, 3.8) is 0 Å². The van der Waals surface area contributed by atoms with Crippen molar-refractivity contribution in [3.05, 3.63) is 57.7 Å². The van der Waals surface area contributed by atoms with E-state index in [4.69, 9.17) is 0 Å². The highest BCUT2D eigenvalue weighted by atomic mass is 32.2. The minimum atomic E-state index is -4.38. The summed E-state index contributed by atoms with van der Waals surface area (Å²) in [5.74, 6) is -3.45. The number of thiophene rings is 1. The Kier molecular flexibility index (Phi) is 7.28. The normalized spacial score (nSPS) is 23.0. The van der Waals surface area contributed by atoms with Gasteiger partial charge in [-0.3, -0.25) is 4.79 Å². The summed E-state index contributed by atoms with van der Waals surface area (Å²) < 4.78 is 83.6. The molecule has 2 aromatic rings. The molecule has 39 heavy (non-hydrogen) atoms. The molecule has 0 saturated heterocycles. The summed E-state index contributed by atoms with van der Waals surface area (Å²) in [5.41, 5.74) is -0.0524. The van der Waals surface area contributed by atoms with Crippen molar-refractivity contribution in [2.24, 2.45) is 10.3 Å². The van der Waals surface area contributed by atoms with E-state index in [9.17, 15) is 35.5 Å². The summed E-state index contributed by atoms with van der Waals surface area (Å²) >= 11 is 0.988. The van der Waals surface area contributed by atoms with Crippen LogP contribution in [-0.2, 0) is 37.9 Å². The van der Waals surface area contributed by atoms with Gasteiger partial charge in [0.2, 0.25) is 10.0 Å². The maximum atomic E-state index is 14.6. The van der Waals surface area contributed by atoms with Crippen LogP contribution in [0.3, 0.4) is 0 Å². The molecule has 2 atom stereocenters. The number of carbonyl (C=O) groups excluding carboxylic acids is 1. The number of hydrogen-bond acceptors (Lipinski definition) is 8. The minimum Gasteiger partial charge on any atom is -0.511 e. The lowest BCUT2D eigenvalue weighted by molar-refractivity contribution is -0.132. The van der Waals surface area contributed by atoms with E-state index >= 15 is 0 Å². The number of nitrogens with zero attached hydrogens (tertiary/aromatic N) is 2. The van der Waals surface area contributed by atoms with Crippen molar-refractivity contribution in [1.29, 1.82) is 0 Å². The highest BCUT2D eigenvalue weighted by molar-refractivity contribution is 7.91. The van der Waals surface area contributed by atoms with Gasteiger partial charge in [-0.25, -0.2) is 21.9 Å². The topological polar surface area (TPSA) is 145 Å². The molecule has 1 amide bonds. The average Bonchev–Trinajstić information content (AvgIpc) is 3.10. The van der Waals surface area contributed by atoms with Crippen molar-refractivity contribution in [2.45, 2.75) is 56.1 Å². The third kappa shape index (κ3) is 5.44. The number of amides is 1. The zero-order chi connectivity index (χ0) is 28.1. The Labute approximate surface area is 228 Å². The second kappa shape index (κ2) is 10.3. The molecule has 0 radical (unpaired) electrons. The van der Waals surface area contributed by atoms with E-state index in [0.717, 1.165) is 49.0 Å². The summed E-state index contributed by atoms with van der Waals surface area (Å²) in [7, 11) is -7.98. The van der Waals surface area contributed by atoms with Crippen LogP contribution in [-0.4, -0.2) is 50.9 Å². The minimum absolute atomic E-state index is 0.0863. The predicted octanol–water partition coefficient (Wildman–Crippen LogP) is 3.39. The van der Waals surface area contributed by atoms with Crippen molar-refractivity contribution < 1.29 is 35.5 Å². The van der Waals surface area contributed by atoms with Crippen LogP contribution in [0.5, 0.6) is 0 Å². The van der Waals surface area contributed by atoms with Gasteiger partial charge in [-0.05, 0) is 24.3 Å². The van der Waals surface area contributed by atoms with Gasteiger partial charge >= 0.3 is 0 Å². The van der Waals surface area contributed by atoms with E-state index < -0.39 is 49.5 Å². The van der Waals surface area contributed by atoms with Gasteiger partial charge < -0.3 is 15.3 Å². The van der Waals surface area contributed by atoms with Crippen molar-refractivity contribution >= 4 is 48.1 Å². The summed E-state index contributed by atoms with van der Waals surface area (Å²) in [6.07, 6.45) is 4.47. The van der Waals surface area contributed by atoms with Crippen LogP contribution in [0.2, 0.25) is 0 Å². The Balaban J connectivity index is 1.54. The first kappa shape index (κ1) is 27.7. The molecule has 2 aliphatic heterocycles. The first-order valence-corrected chi connectivity index (χ1v) is 16.4. The molecule has 1 saturated carbocycles. The number of rotatable bonds is 6. The molecule has 210 valence electrons. The molecule has 0 bridgehead atoms. The Morgan fingerprint density at radius 1 is 1.21 bits per heavy atom. The van der Waals surface area contributed by atoms with Crippen molar-refractivity contribution in [2.75, 3.05) is 11.6 Å². The molecule has 0 spiro atoms. The van der Waals surface area contributed by atoms with Gasteiger partial charge in [0.1, 0.15) is 32.9 Å². The number of aliphatic hydroxyl groups is 1. The number of nitrogens with one attached hydrogen (secondary N) is 2. The van der Waals surface area contributed by atoms with E-state index in [-0.39, 0.29) is 51.3 Å². The maximum Gasteiger partial charge on any atom is 0.287 e. The molecule has 1 aromatic carbocycles. The lowest BCUT2D eigenvalue weighted by Crippen LogP contribution is -2.51. The monoisotopic (exact) mass is 600 g/mol. The molecule has 3 heterocycles.